The van der Waals surface area contributed by atoms with Crippen LogP contribution in [0.15, 0.2) is 12.7 Å². The fraction of sp³-hybridized carbons (Fsp3) is 0.667. The van der Waals surface area contributed by atoms with E-state index in [9.17, 15) is 9.59 Å². The molecule has 0 fully saturated rings. The maximum atomic E-state index is 11.3. The van der Waals surface area contributed by atoms with E-state index in [0.717, 1.165) is 6.42 Å². The number of ether oxygens (including phenoxy) is 1. The summed E-state index contributed by atoms with van der Waals surface area (Å²) in [5.74, 6) is -0.848. The number of nitrogens with one attached hydrogen (secondary N) is 1. The molecule has 17 heavy (non-hydrogen) atoms. The Hall–Kier alpha value is -1.52. The van der Waals surface area contributed by atoms with Crippen molar-refractivity contribution in [1.82, 2.24) is 5.32 Å². The Morgan fingerprint density at radius 2 is 2.12 bits per heavy atom. The van der Waals surface area contributed by atoms with E-state index in [1.165, 1.54) is 0 Å². The molecule has 0 aromatic carbocycles. The molecular formula is C12H21NO4. The summed E-state index contributed by atoms with van der Waals surface area (Å²) in [6.07, 6.45) is 2.90. The molecule has 0 unspecified atom stereocenters. The summed E-state index contributed by atoms with van der Waals surface area (Å²) in [5, 5.41) is 11.2. The van der Waals surface area contributed by atoms with Gasteiger partial charge in [0, 0.05) is 0 Å². The van der Waals surface area contributed by atoms with E-state index in [-0.39, 0.29) is 12.5 Å². The van der Waals surface area contributed by atoms with Crippen molar-refractivity contribution in [1.29, 1.82) is 0 Å². The SMILES string of the molecule is C=CCCCOC(=O)N[C@@H](CC(C)C)C(=O)O. The number of carbonyl (C=O) groups excluding carboxylic acids is 1. The Kier molecular flexibility index (Phi) is 7.84. The van der Waals surface area contributed by atoms with Gasteiger partial charge in [0.2, 0.25) is 0 Å². The number of hydrogen-bond donors (Lipinski definition) is 2. The highest BCUT2D eigenvalue weighted by Crippen LogP contribution is 2.05. The molecule has 0 aromatic rings. The fourth-order valence-corrected chi connectivity index (χ4v) is 1.27. The largest absolute Gasteiger partial charge is 0.480 e. The molecule has 0 saturated carbocycles. The van der Waals surface area contributed by atoms with Gasteiger partial charge in [0.15, 0.2) is 0 Å². The van der Waals surface area contributed by atoms with Gasteiger partial charge in [0.1, 0.15) is 6.04 Å². The van der Waals surface area contributed by atoms with Crippen LogP contribution in [0.2, 0.25) is 0 Å². The average molecular weight is 243 g/mol. The van der Waals surface area contributed by atoms with E-state index in [1.54, 1.807) is 6.08 Å². The Morgan fingerprint density at radius 1 is 1.47 bits per heavy atom. The van der Waals surface area contributed by atoms with E-state index in [0.29, 0.717) is 12.8 Å². The highest BCUT2D eigenvalue weighted by atomic mass is 16.5. The number of unbranched alkanes of at least 4 members (excludes halogenated alkanes) is 1. The Balaban J connectivity index is 3.95. The predicted octanol–water partition coefficient (Wildman–Crippen LogP) is 2.18. The minimum Gasteiger partial charge on any atom is -0.480 e. The zero-order chi connectivity index (χ0) is 13.3. The van der Waals surface area contributed by atoms with Crippen LogP contribution in [0.1, 0.15) is 33.1 Å². The number of rotatable bonds is 8. The van der Waals surface area contributed by atoms with Crippen LogP contribution in [0, 0.1) is 5.92 Å². The first-order chi connectivity index (χ1) is 7.97. The van der Waals surface area contributed by atoms with Gasteiger partial charge in [-0.05, 0) is 25.2 Å². The first-order valence-electron chi connectivity index (χ1n) is 5.74. The first-order valence-corrected chi connectivity index (χ1v) is 5.74. The summed E-state index contributed by atoms with van der Waals surface area (Å²) in [6.45, 7) is 7.61. The summed E-state index contributed by atoms with van der Waals surface area (Å²) in [4.78, 5) is 22.1. The van der Waals surface area contributed by atoms with Gasteiger partial charge in [0.25, 0.3) is 0 Å². The lowest BCUT2D eigenvalue weighted by Gasteiger charge is -2.16. The van der Waals surface area contributed by atoms with Crippen molar-refractivity contribution in [2.45, 2.75) is 39.2 Å². The Morgan fingerprint density at radius 3 is 2.59 bits per heavy atom. The second-order valence-corrected chi connectivity index (χ2v) is 4.23. The van der Waals surface area contributed by atoms with Crippen LogP contribution in [0.5, 0.6) is 0 Å². The van der Waals surface area contributed by atoms with Crippen LogP contribution in [-0.4, -0.2) is 29.8 Å². The van der Waals surface area contributed by atoms with Crippen molar-refractivity contribution in [3.63, 3.8) is 0 Å². The molecule has 0 heterocycles. The quantitative estimate of drug-likeness (QED) is 0.506. The van der Waals surface area contributed by atoms with Crippen molar-refractivity contribution in [2.24, 2.45) is 5.92 Å². The molecule has 0 aliphatic rings. The number of amides is 1. The average Bonchev–Trinajstić information content (AvgIpc) is 2.22. The molecule has 5 nitrogen and oxygen atoms in total. The van der Waals surface area contributed by atoms with E-state index >= 15 is 0 Å². The normalized spacial score (nSPS) is 11.9. The Bertz CT molecular complexity index is 263. The number of alkyl carbamates (subject to hydrolysis) is 1. The lowest BCUT2D eigenvalue weighted by molar-refractivity contribution is -0.139. The van der Waals surface area contributed by atoms with Crippen LogP contribution in [0.3, 0.4) is 0 Å². The third kappa shape index (κ3) is 8.30. The van der Waals surface area contributed by atoms with Gasteiger partial charge in [-0.15, -0.1) is 6.58 Å². The van der Waals surface area contributed by atoms with Crippen molar-refractivity contribution >= 4 is 12.1 Å². The Labute approximate surface area is 102 Å². The number of aliphatic carboxylic acids is 1. The monoisotopic (exact) mass is 243 g/mol. The predicted molar refractivity (Wildman–Crippen MR) is 64.8 cm³/mol. The van der Waals surface area contributed by atoms with Gasteiger partial charge in [0.05, 0.1) is 6.61 Å². The van der Waals surface area contributed by atoms with E-state index in [4.69, 9.17) is 9.84 Å². The molecular weight excluding hydrogens is 222 g/mol. The van der Waals surface area contributed by atoms with Gasteiger partial charge < -0.3 is 15.2 Å². The van der Waals surface area contributed by atoms with Gasteiger partial charge in [-0.3, -0.25) is 0 Å². The topological polar surface area (TPSA) is 75.6 Å². The third-order valence-electron chi connectivity index (χ3n) is 2.08. The van der Waals surface area contributed by atoms with Crippen LogP contribution < -0.4 is 5.32 Å². The van der Waals surface area contributed by atoms with Crippen LogP contribution >= 0.6 is 0 Å². The number of carboxylic acids is 1. The number of carboxylic acid groups (broad SMARTS) is 1. The number of carbonyl (C=O) groups is 2. The van der Waals surface area contributed by atoms with Crippen LogP contribution in [0.25, 0.3) is 0 Å². The highest BCUT2D eigenvalue weighted by molar-refractivity contribution is 5.79. The van der Waals surface area contributed by atoms with Crippen molar-refractivity contribution < 1.29 is 19.4 Å². The van der Waals surface area contributed by atoms with Gasteiger partial charge in [-0.2, -0.15) is 0 Å². The van der Waals surface area contributed by atoms with Crippen molar-refractivity contribution in [3.8, 4) is 0 Å². The summed E-state index contributed by atoms with van der Waals surface area (Å²) < 4.78 is 4.85. The van der Waals surface area contributed by atoms with Crippen molar-refractivity contribution in [3.05, 3.63) is 12.7 Å². The van der Waals surface area contributed by atoms with Crippen molar-refractivity contribution in [2.75, 3.05) is 6.61 Å². The van der Waals surface area contributed by atoms with E-state index in [1.807, 2.05) is 13.8 Å². The van der Waals surface area contributed by atoms with E-state index < -0.39 is 18.1 Å². The molecule has 0 aliphatic heterocycles. The zero-order valence-corrected chi connectivity index (χ0v) is 10.4. The van der Waals surface area contributed by atoms with Gasteiger partial charge >= 0.3 is 12.1 Å². The summed E-state index contributed by atoms with van der Waals surface area (Å²) in [5.41, 5.74) is 0. The maximum absolute atomic E-state index is 11.3. The van der Waals surface area contributed by atoms with Gasteiger partial charge in [-0.25, -0.2) is 9.59 Å². The minimum atomic E-state index is -1.04. The maximum Gasteiger partial charge on any atom is 0.407 e. The summed E-state index contributed by atoms with van der Waals surface area (Å²) >= 11 is 0. The fourth-order valence-electron chi connectivity index (χ4n) is 1.27. The molecule has 1 atom stereocenters. The second-order valence-electron chi connectivity index (χ2n) is 4.23. The molecule has 0 bridgehead atoms. The molecule has 0 aliphatic carbocycles. The molecule has 1 amide bonds. The van der Waals surface area contributed by atoms with E-state index in [2.05, 4.69) is 11.9 Å². The standard InChI is InChI=1S/C12H21NO4/c1-4-5-6-7-17-12(16)13-10(11(14)15)8-9(2)3/h4,9-10H,1,5-8H2,2-3H3,(H,13,16)(H,14,15)/t10-/m0/s1. The molecule has 98 valence electrons. The molecule has 0 aromatic heterocycles. The third-order valence-corrected chi connectivity index (χ3v) is 2.08. The van der Waals surface area contributed by atoms with Crippen LogP contribution in [-0.2, 0) is 9.53 Å². The lowest BCUT2D eigenvalue weighted by atomic mass is 10.0. The first kappa shape index (κ1) is 15.5. The molecule has 0 saturated heterocycles. The minimum absolute atomic E-state index is 0.192. The molecule has 2 N–H and O–H groups in total. The second kappa shape index (κ2) is 8.61. The smallest absolute Gasteiger partial charge is 0.407 e. The summed E-state index contributed by atoms with van der Waals surface area (Å²) in [6, 6.07) is -0.887. The summed E-state index contributed by atoms with van der Waals surface area (Å²) in [7, 11) is 0. The molecule has 0 spiro atoms. The van der Waals surface area contributed by atoms with Crippen LogP contribution in [0.4, 0.5) is 4.79 Å². The number of allylic oxidation sites excluding steroid dienone is 1. The van der Waals surface area contributed by atoms with Gasteiger partial charge in [-0.1, -0.05) is 19.9 Å². The molecule has 0 rings (SSSR count). The molecule has 0 radical (unpaired) electrons. The molecule has 5 heteroatoms. The highest BCUT2D eigenvalue weighted by Gasteiger charge is 2.21. The lowest BCUT2D eigenvalue weighted by Crippen LogP contribution is -2.42. The zero-order valence-electron chi connectivity index (χ0n) is 10.4. The number of hydrogen-bond acceptors (Lipinski definition) is 3.